The highest BCUT2D eigenvalue weighted by molar-refractivity contribution is 9.10. The van der Waals surface area contributed by atoms with Gasteiger partial charge in [0.25, 0.3) is 10.0 Å². The zero-order valence-electron chi connectivity index (χ0n) is 10.1. The highest BCUT2D eigenvalue weighted by atomic mass is 79.9. The molecule has 0 saturated heterocycles. The van der Waals surface area contributed by atoms with Crippen LogP contribution in [0.3, 0.4) is 0 Å². The lowest BCUT2D eigenvalue weighted by Crippen LogP contribution is -2.15. The molecule has 0 radical (unpaired) electrons. The molecule has 0 spiro atoms. The number of aryl methyl sites for hydroxylation is 1. The lowest BCUT2D eigenvalue weighted by Gasteiger charge is -2.10. The molecule has 0 atom stereocenters. The van der Waals surface area contributed by atoms with E-state index in [1.165, 1.54) is 18.3 Å². The molecule has 0 unspecified atom stereocenters. The van der Waals surface area contributed by atoms with Gasteiger partial charge in [0, 0.05) is 16.4 Å². The average Bonchev–Trinajstić information content (AvgIpc) is 2.34. The van der Waals surface area contributed by atoms with E-state index in [4.69, 9.17) is 5.73 Å². The predicted molar refractivity (Wildman–Crippen MR) is 78.3 cm³/mol. The molecule has 2 rings (SSSR count). The minimum absolute atomic E-state index is 0.0267. The Kier molecular flexibility index (Phi) is 3.77. The number of nitrogens with one attached hydrogen (secondary N) is 1. The van der Waals surface area contributed by atoms with Gasteiger partial charge in [0.05, 0.1) is 0 Å². The zero-order chi connectivity index (χ0) is 14.0. The van der Waals surface area contributed by atoms with Crippen LogP contribution >= 0.6 is 15.9 Å². The highest BCUT2D eigenvalue weighted by Gasteiger charge is 2.18. The van der Waals surface area contributed by atoms with E-state index in [-0.39, 0.29) is 10.7 Å². The van der Waals surface area contributed by atoms with Crippen LogP contribution in [0.5, 0.6) is 0 Å². The Hall–Kier alpha value is -1.60. The van der Waals surface area contributed by atoms with Crippen molar-refractivity contribution in [1.82, 2.24) is 4.98 Å². The van der Waals surface area contributed by atoms with Crippen molar-refractivity contribution in [3.05, 3.63) is 46.6 Å². The molecule has 0 bridgehead atoms. The number of sulfonamides is 1. The number of nitrogens with zero attached hydrogens (tertiary/aromatic N) is 1. The van der Waals surface area contributed by atoms with E-state index in [9.17, 15) is 8.42 Å². The molecular formula is C12H12BrN3O2S. The van der Waals surface area contributed by atoms with Crippen LogP contribution in [0.2, 0.25) is 0 Å². The number of aromatic nitrogens is 1. The first-order chi connectivity index (χ1) is 8.90. The number of nitrogen functional groups attached to an aromatic ring is 1. The summed E-state index contributed by atoms with van der Waals surface area (Å²) < 4.78 is 27.6. The normalized spacial score (nSPS) is 11.3. The van der Waals surface area contributed by atoms with E-state index in [1.807, 2.05) is 13.0 Å². The van der Waals surface area contributed by atoms with Gasteiger partial charge in [-0.2, -0.15) is 0 Å². The quantitative estimate of drug-likeness (QED) is 0.898. The molecule has 19 heavy (non-hydrogen) atoms. The first kappa shape index (κ1) is 13.8. The van der Waals surface area contributed by atoms with Gasteiger partial charge in [0.15, 0.2) is 0 Å². The molecule has 5 nitrogen and oxygen atoms in total. The summed E-state index contributed by atoms with van der Waals surface area (Å²) in [6.45, 7) is 1.92. The zero-order valence-corrected chi connectivity index (χ0v) is 12.5. The average molecular weight is 342 g/mol. The van der Waals surface area contributed by atoms with Crippen molar-refractivity contribution in [2.75, 3.05) is 10.5 Å². The van der Waals surface area contributed by atoms with Crippen molar-refractivity contribution in [3.8, 4) is 0 Å². The Labute approximate surface area is 120 Å². The Morgan fingerprint density at radius 1 is 1.32 bits per heavy atom. The monoisotopic (exact) mass is 341 g/mol. The molecule has 1 heterocycles. The molecule has 1 aromatic carbocycles. The number of anilines is 2. The van der Waals surface area contributed by atoms with Crippen LogP contribution in [0.1, 0.15) is 5.56 Å². The van der Waals surface area contributed by atoms with Gasteiger partial charge in [-0.3, -0.25) is 4.72 Å². The van der Waals surface area contributed by atoms with Crippen LogP contribution in [-0.4, -0.2) is 13.4 Å². The van der Waals surface area contributed by atoms with Crippen molar-refractivity contribution in [3.63, 3.8) is 0 Å². The number of pyridine rings is 1. The van der Waals surface area contributed by atoms with E-state index >= 15 is 0 Å². The van der Waals surface area contributed by atoms with Crippen LogP contribution in [0.15, 0.2) is 45.9 Å². The molecule has 0 fully saturated rings. The number of hydrogen-bond donors (Lipinski definition) is 2. The van der Waals surface area contributed by atoms with Gasteiger partial charge in [0.1, 0.15) is 10.7 Å². The fraction of sp³-hybridized carbons (Fsp3) is 0.0833. The predicted octanol–water partition coefficient (Wildman–Crippen LogP) is 2.54. The maximum Gasteiger partial charge on any atom is 0.265 e. The van der Waals surface area contributed by atoms with Crippen molar-refractivity contribution in [1.29, 1.82) is 0 Å². The maximum absolute atomic E-state index is 12.2. The molecule has 0 aliphatic carbocycles. The smallest absolute Gasteiger partial charge is 0.265 e. The number of halogens is 1. The second kappa shape index (κ2) is 5.18. The molecule has 7 heteroatoms. The summed E-state index contributed by atoms with van der Waals surface area (Å²) in [5.74, 6) is -0.0267. The Morgan fingerprint density at radius 3 is 2.68 bits per heavy atom. The second-order valence-corrected chi connectivity index (χ2v) is 6.46. The number of benzene rings is 1. The summed E-state index contributed by atoms with van der Waals surface area (Å²) in [5, 5.41) is 0. The summed E-state index contributed by atoms with van der Waals surface area (Å²) in [5.41, 5.74) is 7.05. The van der Waals surface area contributed by atoms with E-state index in [0.29, 0.717) is 5.69 Å². The van der Waals surface area contributed by atoms with Crippen molar-refractivity contribution in [2.24, 2.45) is 0 Å². The summed E-state index contributed by atoms with van der Waals surface area (Å²) in [4.78, 5) is 3.73. The molecule has 100 valence electrons. The van der Waals surface area contributed by atoms with Crippen LogP contribution < -0.4 is 10.5 Å². The summed E-state index contributed by atoms with van der Waals surface area (Å²) in [6, 6.07) is 8.13. The van der Waals surface area contributed by atoms with Crippen molar-refractivity contribution >= 4 is 37.5 Å². The lowest BCUT2D eigenvalue weighted by atomic mass is 10.2. The number of rotatable bonds is 3. The largest absolute Gasteiger partial charge is 0.383 e. The van der Waals surface area contributed by atoms with Crippen LogP contribution in [0.25, 0.3) is 0 Å². The fourth-order valence-electron chi connectivity index (χ4n) is 1.50. The highest BCUT2D eigenvalue weighted by Crippen LogP contribution is 2.24. The van der Waals surface area contributed by atoms with Gasteiger partial charge in [-0.15, -0.1) is 0 Å². The molecule has 0 aliphatic rings. The molecule has 1 aromatic heterocycles. The number of hydrogen-bond acceptors (Lipinski definition) is 4. The molecular weight excluding hydrogens is 330 g/mol. The Bertz CT molecular complexity index is 717. The van der Waals surface area contributed by atoms with Gasteiger partial charge >= 0.3 is 0 Å². The Morgan fingerprint density at radius 2 is 2.05 bits per heavy atom. The van der Waals surface area contributed by atoms with E-state index in [2.05, 4.69) is 25.6 Å². The van der Waals surface area contributed by atoms with Gasteiger partial charge in [-0.1, -0.05) is 22.0 Å². The van der Waals surface area contributed by atoms with Gasteiger partial charge in [0.2, 0.25) is 0 Å². The molecule has 0 amide bonds. The minimum Gasteiger partial charge on any atom is -0.383 e. The summed E-state index contributed by atoms with van der Waals surface area (Å²) in [6.07, 6.45) is 1.44. The van der Waals surface area contributed by atoms with Crippen LogP contribution in [0.4, 0.5) is 11.5 Å². The van der Waals surface area contributed by atoms with E-state index in [0.717, 1.165) is 10.0 Å². The number of nitrogens with two attached hydrogens (primary N) is 1. The second-order valence-electron chi connectivity index (χ2n) is 3.96. The van der Waals surface area contributed by atoms with Gasteiger partial charge in [-0.05, 0) is 36.8 Å². The van der Waals surface area contributed by atoms with E-state index < -0.39 is 10.0 Å². The first-order valence-electron chi connectivity index (χ1n) is 5.39. The lowest BCUT2D eigenvalue weighted by molar-refractivity contribution is 0.601. The maximum atomic E-state index is 12.2. The van der Waals surface area contributed by atoms with Gasteiger partial charge in [-0.25, -0.2) is 13.4 Å². The van der Waals surface area contributed by atoms with Gasteiger partial charge < -0.3 is 5.73 Å². The summed E-state index contributed by atoms with van der Waals surface area (Å²) in [7, 11) is -3.73. The van der Waals surface area contributed by atoms with Crippen LogP contribution in [0, 0.1) is 6.92 Å². The third kappa shape index (κ3) is 3.05. The summed E-state index contributed by atoms with van der Waals surface area (Å²) >= 11 is 3.35. The van der Waals surface area contributed by atoms with E-state index in [1.54, 1.807) is 12.1 Å². The van der Waals surface area contributed by atoms with Crippen molar-refractivity contribution < 1.29 is 8.42 Å². The topological polar surface area (TPSA) is 85.1 Å². The molecule has 0 aliphatic heterocycles. The third-order valence-electron chi connectivity index (χ3n) is 2.51. The SMILES string of the molecule is Cc1ccc(NS(=O)(=O)c2cccnc2N)cc1Br. The fourth-order valence-corrected chi connectivity index (χ4v) is 3.01. The Balaban J connectivity index is 2.37. The van der Waals surface area contributed by atoms with Crippen molar-refractivity contribution in [2.45, 2.75) is 11.8 Å². The molecule has 2 aromatic rings. The minimum atomic E-state index is -3.73. The standard InChI is InChI=1S/C12H12BrN3O2S/c1-8-4-5-9(7-10(8)13)16-19(17,18)11-3-2-6-15-12(11)14/h2-7,16H,1H3,(H2,14,15). The third-order valence-corrected chi connectivity index (χ3v) is 4.80. The first-order valence-corrected chi connectivity index (χ1v) is 7.67. The molecule has 0 saturated carbocycles. The molecule has 3 N–H and O–H groups in total. The van der Waals surface area contributed by atoms with Crippen LogP contribution in [-0.2, 0) is 10.0 Å².